The van der Waals surface area contributed by atoms with Gasteiger partial charge in [-0.05, 0) is 30.7 Å². The Labute approximate surface area is 111 Å². The summed E-state index contributed by atoms with van der Waals surface area (Å²) in [7, 11) is 0. The number of aliphatic hydroxyl groups is 1. The molecule has 0 aliphatic heterocycles. The van der Waals surface area contributed by atoms with Crippen LogP contribution in [-0.4, -0.2) is 18.3 Å². The third kappa shape index (κ3) is 2.87. The average molecular weight is 273 g/mol. The van der Waals surface area contributed by atoms with Crippen LogP contribution in [0.5, 0.6) is 0 Å². The number of hydrogen-bond donors (Lipinski definition) is 3. The van der Waals surface area contributed by atoms with Gasteiger partial charge < -0.3 is 16.2 Å². The van der Waals surface area contributed by atoms with E-state index in [1.807, 2.05) is 0 Å². The van der Waals surface area contributed by atoms with Gasteiger partial charge in [-0.2, -0.15) is 0 Å². The molecule has 0 spiro atoms. The summed E-state index contributed by atoms with van der Waals surface area (Å²) in [6.07, 6.45) is 3.33. The van der Waals surface area contributed by atoms with E-state index in [9.17, 15) is 9.50 Å². The van der Waals surface area contributed by atoms with E-state index in [1.165, 1.54) is 12.1 Å². The Morgan fingerprint density at radius 3 is 2.83 bits per heavy atom. The second kappa shape index (κ2) is 5.76. The predicted molar refractivity (Wildman–Crippen MR) is 72.2 cm³/mol. The van der Waals surface area contributed by atoms with Crippen molar-refractivity contribution in [1.82, 2.24) is 0 Å². The molecule has 5 heteroatoms. The number of anilines is 2. The van der Waals surface area contributed by atoms with Crippen LogP contribution in [0, 0.1) is 17.7 Å². The van der Waals surface area contributed by atoms with Crippen LogP contribution in [-0.2, 0) is 0 Å². The lowest BCUT2D eigenvalue weighted by Crippen LogP contribution is -2.21. The Morgan fingerprint density at radius 1 is 1.39 bits per heavy atom. The molecule has 1 aromatic carbocycles. The molecule has 1 fully saturated rings. The molecule has 0 saturated heterocycles. The van der Waals surface area contributed by atoms with E-state index in [-0.39, 0.29) is 11.6 Å². The zero-order chi connectivity index (χ0) is 13.1. The van der Waals surface area contributed by atoms with Crippen molar-refractivity contribution in [1.29, 1.82) is 0 Å². The maximum Gasteiger partial charge on any atom is 0.143 e. The third-order valence-corrected chi connectivity index (χ3v) is 3.99. The Morgan fingerprint density at radius 2 is 2.11 bits per heavy atom. The molecule has 2 rings (SSSR count). The van der Waals surface area contributed by atoms with Crippen molar-refractivity contribution in [2.45, 2.75) is 19.3 Å². The highest BCUT2D eigenvalue weighted by Crippen LogP contribution is 2.32. The third-order valence-electron chi connectivity index (χ3n) is 3.70. The number of nitrogens with two attached hydrogens (primary N) is 1. The molecule has 2 atom stereocenters. The number of hydrogen-bond acceptors (Lipinski definition) is 3. The topological polar surface area (TPSA) is 58.3 Å². The highest BCUT2D eigenvalue weighted by molar-refractivity contribution is 6.31. The lowest BCUT2D eigenvalue weighted by molar-refractivity contribution is 0.199. The molecule has 0 amide bonds. The predicted octanol–water partition coefficient (Wildman–Crippen LogP) is 2.88. The lowest BCUT2D eigenvalue weighted by atomic mass is 9.97. The van der Waals surface area contributed by atoms with Gasteiger partial charge in [-0.1, -0.05) is 18.0 Å². The maximum absolute atomic E-state index is 13.1. The molecule has 1 aliphatic rings. The van der Waals surface area contributed by atoms with E-state index in [1.54, 1.807) is 0 Å². The fraction of sp³-hybridized carbons (Fsp3) is 0.538. The number of benzene rings is 1. The molecule has 0 bridgehead atoms. The number of nitrogen functional groups attached to an aromatic ring is 1. The van der Waals surface area contributed by atoms with Crippen molar-refractivity contribution in [2.24, 2.45) is 11.8 Å². The van der Waals surface area contributed by atoms with Gasteiger partial charge in [0, 0.05) is 19.2 Å². The van der Waals surface area contributed by atoms with Gasteiger partial charge in [-0.25, -0.2) is 4.39 Å². The van der Waals surface area contributed by atoms with Crippen LogP contribution in [0.25, 0.3) is 0 Å². The Hall–Kier alpha value is -1.00. The Kier molecular flexibility index (Phi) is 4.30. The average Bonchev–Trinajstić information content (AvgIpc) is 2.79. The van der Waals surface area contributed by atoms with Crippen molar-refractivity contribution in [2.75, 3.05) is 24.2 Å². The second-order valence-electron chi connectivity index (χ2n) is 4.87. The van der Waals surface area contributed by atoms with Crippen molar-refractivity contribution in [3.8, 4) is 0 Å². The molecule has 0 radical (unpaired) electrons. The van der Waals surface area contributed by atoms with E-state index in [2.05, 4.69) is 5.32 Å². The fourth-order valence-electron chi connectivity index (χ4n) is 2.58. The molecular weight excluding hydrogens is 255 g/mol. The van der Waals surface area contributed by atoms with Gasteiger partial charge in [-0.3, -0.25) is 0 Å². The van der Waals surface area contributed by atoms with Gasteiger partial charge in [0.15, 0.2) is 0 Å². The molecule has 0 heterocycles. The number of halogens is 2. The Bertz CT molecular complexity index is 428. The van der Waals surface area contributed by atoms with E-state index in [0.29, 0.717) is 23.2 Å². The smallest absolute Gasteiger partial charge is 0.143 e. The first-order valence-electron chi connectivity index (χ1n) is 6.21. The summed E-state index contributed by atoms with van der Waals surface area (Å²) in [5, 5.41) is 12.5. The van der Waals surface area contributed by atoms with Crippen LogP contribution in [0.2, 0.25) is 5.02 Å². The largest absolute Gasteiger partial charge is 0.397 e. The van der Waals surface area contributed by atoms with Crippen molar-refractivity contribution < 1.29 is 9.50 Å². The van der Waals surface area contributed by atoms with Gasteiger partial charge in [0.05, 0.1) is 16.4 Å². The molecule has 1 aromatic rings. The molecule has 0 aromatic heterocycles. The SMILES string of the molecule is Nc1cc(F)c(Cl)cc1NCC1CCCC1CO. The summed E-state index contributed by atoms with van der Waals surface area (Å²) in [6.45, 7) is 0.962. The van der Waals surface area contributed by atoms with Crippen LogP contribution < -0.4 is 11.1 Å². The van der Waals surface area contributed by atoms with Crippen molar-refractivity contribution >= 4 is 23.0 Å². The molecular formula is C13H18ClFN2O. The lowest BCUT2D eigenvalue weighted by Gasteiger charge is -2.19. The molecule has 2 unspecified atom stereocenters. The van der Waals surface area contributed by atoms with Crippen LogP contribution in [0.1, 0.15) is 19.3 Å². The molecule has 100 valence electrons. The number of nitrogens with one attached hydrogen (secondary N) is 1. The minimum absolute atomic E-state index is 0.0665. The highest BCUT2D eigenvalue weighted by atomic mass is 35.5. The van der Waals surface area contributed by atoms with Crippen LogP contribution in [0.4, 0.5) is 15.8 Å². The van der Waals surface area contributed by atoms with Crippen LogP contribution in [0.15, 0.2) is 12.1 Å². The molecule has 4 N–H and O–H groups in total. The Balaban J connectivity index is 2.00. The normalized spacial score (nSPS) is 23.3. The van der Waals surface area contributed by atoms with Gasteiger partial charge in [0.1, 0.15) is 5.82 Å². The minimum atomic E-state index is -0.506. The second-order valence-corrected chi connectivity index (χ2v) is 5.28. The van der Waals surface area contributed by atoms with E-state index < -0.39 is 5.82 Å². The first-order valence-corrected chi connectivity index (χ1v) is 6.59. The number of rotatable bonds is 4. The first kappa shape index (κ1) is 13.4. The summed E-state index contributed by atoms with van der Waals surface area (Å²) < 4.78 is 13.1. The van der Waals surface area contributed by atoms with Gasteiger partial charge >= 0.3 is 0 Å². The summed E-state index contributed by atoms with van der Waals surface area (Å²) in [4.78, 5) is 0. The van der Waals surface area contributed by atoms with Crippen molar-refractivity contribution in [3.63, 3.8) is 0 Å². The summed E-state index contributed by atoms with van der Waals surface area (Å²) in [5.74, 6) is 0.293. The fourth-order valence-corrected chi connectivity index (χ4v) is 2.74. The zero-order valence-electron chi connectivity index (χ0n) is 10.1. The van der Waals surface area contributed by atoms with Gasteiger partial charge in [0.2, 0.25) is 0 Å². The molecule has 18 heavy (non-hydrogen) atoms. The van der Waals surface area contributed by atoms with E-state index in [4.69, 9.17) is 17.3 Å². The molecule has 3 nitrogen and oxygen atoms in total. The summed E-state index contributed by atoms with van der Waals surface area (Å²) in [6, 6.07) is 2.73. The summed E-state index contributed by atoms with van der Waals surface area (Å²) >= 11 is 5.73. The quantitative estimate of drug-likeness (QED) is 0.739. The molecule has 1 saturated carbocycles. The monoisotopic (exact) mass is 272 g/mol. The van der Waals surface area contributed by atoms with Gasteiger partial charge in [-0.15, -0.1) is 0 Å². The van der Waals surface area contributed by atoms with E-state index >= 15 is 0 Å². The minimum Gasteiger partial charge on any atom is -0.397 e. The van der Waals surface area contributed by atoms with Crippen molar-refractivity contribution in [3.05, 3.63) is 23.0 Å². The number of aliphatic hydroxyl groups excluding tert-OH is 1. The van der Waals surface area contributed by atoms with Crippen LogP contribution >= 0.6 is 11.6 Å². The van der Waals surface area contributed by atoms with Crippen LogP contribution in [0.3, 0.4) is 0 Å². The molecule has 1 aliphatic carbocycles. The standard InChI is InChI=1S/C13H18ClFN2O/c14-10-4-13(12(16)5-11(10)15)17-6-8-2-1-3-9(8)7-18/h4-5,8-9,17-18H,1-3,6-7,16H2. The maximum atomic E-state index is 13.1. The van der Waals surface area contributed by atoms with Gasteiger partial charge in [0.25, 0.3) is 0 Å². The highest BCUT2D eigenvalue weighted by Gasteiger charge is 2.26. The van der Waals surface area contributed by atoms with E-state index in [0.717, 1.165) is 25.8 Å². The first-order chi connectivity index (χ1) is 8.61. The zero-order valence-corrected chi connectivity index (χ0v) is 10.9. The summed E-state index contributed by atoms with van der Waals surface area (Å²) in [5.41, 5.74) is 6.75.